The molecule has 0 aromatic rings. The highest BCUT2D eigenvalue weighted by Crippen LogP contribution is 2.23. The van der Waals surface area contributed by atoms with E-state index in [1.165, 1.54) is 0 Å². The first-order valence-corrected chi connectivity index (χ1v) is 10.7. The van der Waals surface area contributed by atoms with Crippen LogP contribution < -0.4 is 0 Å². The molecule has 0 aliphatic heterocycles. The van der Waals surface area contributed by atoms with Gasteiger partial charge in [0.05, 0.1) is 65.9 Å². The van der Waals surface area contributed by atoms with Crippen molar-refractivity contribution in [3.05, 3.63) is 0 Å². The van der Waals surface area contributed by atoms with E-state index >= 15 is 0 Å². The summed E-state index contributed by atoms with van der Waals surface area (Å²) in [6, 6.07) is 0. The van der Waals surface area contributed by atoms with Crippen LogP contribution in [0, 0.1) is 11.8 Å². The van der Waals surface area contributed by atoms with Crippen LogP contribution in [0.4, 0.5) is 0 Å². The van der Waals surface area contributed by atoms with Crippen molar-refractivity contribution < 1.29 is 28.8 Å². The number of carboxylic acid groups (broad SMARTS) is 2. The minimum Gasteiger partial charge on any atom is -0.481 e. The first-order chi connectivity index (χ1) is 10.9. The fraction of sp³-hybridized carbons (Fsp3) is 0.875. The fourth-order valence-electron chi connectivity index (χ4n) is 2.51. The Bertz CT molecular complexity index is 379. The predicted molar refractivity (Wildman–Crippen MR) is 102 cm³/mol. The van der Waals surface area contributed by atoms with Gasteiger partial charge in [0, 0.05) is 0 Å². The lowest BCUT2D eigenvalue weighted by molar-refractivity contribution is -0.890. The Hall–Kier alpha value is -0.440. The van der Waals surface area contributed by atoms with Crippen molar-refractivity contribution >= 4 is 33.5 Å². The van der Waals surface area contributed by atoms with Gasteiger partial charge in [0.1, 0.15) is 11.8 Å². The molecule has 24 heavy (non-hydrogen) atoms. The van der Waals surface area contributed by atoms with E-state index < -0.39 is 11.9 Å². The van der Waals surface area contributed by atoms with Gasteiger partial charge in [-0.05, 0) is 13.8 Å². The number of hydrogen-bond donors (Lipinski definition) is 2. The summed E-state index contributed by atoms with van der Waals surface area (Å²) in [6.45, 7) is 6.65. The SMILES string of the molecule is CC(C[N+](C)(C)CCSSCC[N+](C)(C)CC(C)C(=O)O)C(=O)O. The quantitative estimate of drug-likeness (QED) is 0.288. The van der Waals surface area contributed by atoms with Crippen LogP contribution >= 0.6 is 21.6 Å². The summed E-state index contributed by atoms with van der Waals surface area (Å²) in [5.74, 6) is -0.178. The van der Waals surface area contributed by atoms with Gasteiger partial charge in [-0.15, -0.1) is 0 Å². The van der Waals surface area contributed by atoms with Crippen LogP contribution in [0.1, 0.15) is 13.8 Å². The standard InChI is InChI=1S/C16H32N2O4S2/c1-13(15(19)20)11-17(3,4)7-9-23-24-10-8-18(5,6)12-14(2)16(21)22/h13-14H,7-12H2,1-6H3/p+2. The lowest BCUT2D eigenvalue weighted by Crippen LogP contribution is -2.46. The molecule has 0 saturated carbocycles. The lowest BCUT2D eigenvalue weighted by atomic mass is 10.1. The number of aliphatic carboxylic acids is 2. The number of nitrogens with zero attached hydrogens (tertiary/aromatic N) is 2. The van der Waals surface area contributed by atoms with Crippen LogP contribution in [0.2, 0.25) is 0 Å². The molecular formula is C16H34N2O4S2+2. The van der Waals surface area contributed by atoms with Gasteiger partial charge in [0.25, 0.3) is 0 Å². The third-order valence-electron chi connectivity index (χ3n) is 4.02. The van der Waals surface area contributed by atoms with E-state index in [1.54, 1.807) is 13.8 Å². The molecule has 2 atom stereocenters. The molecule has 0 aromatic heterocycles. The van der Waals surface area contributed by atoms with Gasteiger partial charge in [-0.3, -0.25) is 9.59 Å². The Balaban J connectivity index is 3.94. The highest BCUT2D eigenvalue weighted by Gasteiger charge is 2.24. The summed E-state index contributed by atoms with van der Waals surface area (Å²) in [5, 5.41) is 18.0. The van der Waals surface area contributed by atoms with Crippen LogP contribution in [0.5, 0.6) is 0 Å². The molecule has 0 spiro atoms. The second-order valence-corrected chi connectivity index (χ2v) is 10.5. The maximum absolute atomic E-state index is 10.9. The number of quaternary nitrogens is 2. The van der Waals surface area contributed by atoms with E-state index in [4.69, 9.17) is 10.2 Å². The molecule has 0 aliphatic carbocycles. The van der Waals surface area contributed by atoms with Crippen molar-refractivity contribution in [2.45, 2.75) is 13.8 Å². The largest absolute Gasteiger partial charge is 0.481 e. The van der Waals surface area contributed by atoms with Gasteiger partial charge >= 0.3 is 11.9 Å². The molecule has 6 nitrogen and oxygen atoms in total. The lowest BCUT2D eigenvalue weighted by Gasteiger charge is -2.32. The predicted octanol–water partition coefficient (Wildman–Crippen LogP) is 1.96. The molecule has 0 fully saturated rings. The van der Waals surface area contributed by atoms with Crippen molar-refractivity contribution in [1.82, 2.24) is 0 Å². The van der Waals surface area contributed by atoms with Gasteiger partial charge in [0.2, 0.25) is 0 Å². The molecule has 142 valence electrons. The van der Waals surface area contributed by atoms with Crippen LogP contribution in [0.25, 0.3) is 0 Å². The average molecular weight is 383 g/mol. The zero-order valence-corrected chi connectivity index (χ0v) is 17.5. The molecule has 0 heterocycles. The molecule has 0 aromatic carbocycles. The molecule has 2 N–H and O–H groups in total. The van der Waals surface area contributed by atoms with Crippen molar-refractivity contribution in [1.29, 1.82) is 0 Å². The third-order valence-corrected chi connectivity index (χ3v) is 6.39. The van der Waals surface area contributed by atoms with Crippen molar-refractivity contribution in [2.75, 3.05) is 65.9 Å². The topological polar surface area (TPSA) is 74.6 Å². The molecule has 0 radical (unpaired) electrons. The summed E-state index contributed by atoms with van der Waals surface area (Å²) in [7, 11) is 11.9. The van der Waals surface area contributed by atoms with E-state index in [0.717, 1.165) is 24.6 Å². The second-order valence-electron chi connectivity index (χ2n) is 7.81. The van der Waals surface area contributed by atoms with Crippen molar-refractivity contribution in [3.63, 3.8) is 0 Å². The average Bonchev–Trinajstić information content (AvgIpc) is 2.41. The zero-order valence-electron chi connectivity index (χ0n) is 15.8. The van der Waals surface area contributed by atoms with E-state index in [0.29, 0.717) is 22.1 Å². The second kappa shape index (κ2) is 10.5. The zero-order chi connectivity index (χ0) is 19.0. The Kier molecular flexibility index (Phi) is 10.3. The van der Waals surface area contributed by atoms with Crippen LogP contribution in [-0.2, 0) is 9.59 Å². The molecule has 8 heteroatoms. The summed E-state index contributed by atoms with van der Waals surface area (Å²) in [4.78, 5) is 21.9. The number of rotatable bonds is 13. The van der Waals surface area contributed by atoms with E-state index in [9.17, 15) is 9.59 Å². The van der Waals surface area contributed by atoms with Gasteiger partial charge in [-0.2, -0.15) is 0 Å². The maximum atomic E-state index is 10.9. The first-order valence-electron chi connectivity index (χ1n) is 8.20. The molecular weight excluding hydrogens is 348 g/mol. The van der Waals surface area contributed by atoms with Crippen molar-refractivity contribution in [2.24, 2.45) is 11.8 Å². The normalized spacial score (nSPS) is 15.1. The summed E-state index contributed by atoms with van der Waals surface area (Å²) in [6.07, 6.45) is 0. The Morgan fingerprint density at radius 1 is 0.792 bits per heavy atom. The van der Waals surface area contributed by atoms with Gasteiger partial charge in [-0.1, -0.05) is 21.6 Å². The molecule has 0 saturated heterocycles. The van der Waals surface area contributed by atoms with Crippen LogP contribution in [0.3, 0.4) is 0 Å². The third kappa shape index (κ3) is 11.2. The maximum Gasteiger partial charge on any atom is 0.311 e. The molecule has 0 aliphatic rings. The fourth-order valence-corrected chi connectivity index (χ4v) is 5.04. The summed E-state index contributed by atoms with van der Waals surface area (Å²) in [5.41, 5.74) is 0. The Labute approximate surface area is 154 Å². The number of carboxylic acids is 2. The van der Waals surface area contributed by atoms with Gasteiger partial charge < -0.3 is 19.2 Å². The van der Waals surface area contributed by atoms with E-state index in [1.807, 2.05) is 21.6 Å². The molecule has 0 amide bonds. The molecule has 0 rings (SSSR count). The molecule has 2 unspecified atom stereocenters. The number of carbonyl (C=O) groups is 2. The molecule has 0 bridgehead atoms. The van der Waals surface area contributed by atoms with Crippen LogP contribution in [-0.4, -0.2) is 97.0 Å². The van der Waals surface area contributed by atoms with Gasteiger partial charge in [0.15, 0.2) is 0 Å². The highest BCUT2D eigenvalue weighted by atomic mass is 33.1. The van der Waals surface area contributed by atoms with Crippen molar-refractivity contribution in [3.8, 4) is 0 Å². The Morgan fingerprint density at radius 3 is 1.33 bits per heavy atom. The monoisotopic (exact) mass is 382 g/mol. The van der Waals surface area contributed by atoms with Gasteiger partial charge in [-0.25, -0.2) is 0 Å². The van der Waals surface area contributed by atoms with E-state index in [-0.39, 0.29) is 11.8 Å². The minimum absolute atomic E-state index is 0.327. The van der Waals surface area contributed by atoms with E-state index in [2.05, 4.69) is 28.2 Å². The summed E-state index contributed by atoms with van der Waals surface area (Å²) < 4.78 is 1.41. The first kappa shape index (κ1) is 23.6. The Morgan fingerprint density at radius 2 is 1.08 bits per heavy atom. The number of hydrogen-bond acceptors (Lipinski definition) is 4. The highest BCUT2D eigenvalue weighted by molar-refractivity contribution is 8.76. The minimum atomic E-state index is -0.737. The van der Waals surface area contributed by atoms with Crippen LogP contribution in [0.15, 0.2) is 0 Å². The smallest absolute Gasteiger partial charge is 0.311 e. The summed E-state index contributed by atoms with van der Waals surface area (Å²) >= 11 is 0.